The van der Waals surface area contributed by atoms with Crippen molar-refractivity contribution in [2.24, 2.45) is 5.10 Å². The zero-order valence-corrected chi connectivity index (χ0v) is 12.1. The Morgan fingerprint density at radius 3 is 2.76 bits per heavy atom. The normalized spacial score (nSPS) is 14.0. The van der Waals surface area contributed by atoms with E-state index in [0.717, 1.165) is 5.69 Å². The summed E-state index contributed by atoms with van der Waals surface area (Å²) < 4.78 is 5.18. The van der Waals surface area contributed by atoms with Gasteiger partial charge in [0.15, 0.2) is 0 Å². The number of pyridine rings is 1. The van der Waals surface area contributed by atoms with E-state index in [1.807, 2.05) is 19.0 Å². The summed E-state index contributed by atoms with van der Waals surface area (Å²) in [5.74, 6) is -0.265. The Morgan fingerprint density at radius 2 is 2.19 bits per heavy atom. The predicted molar refractivity (Wildman–Crippen MR) is 78.6 cm³/mol. The summed E-state index contributed by atoms with van der Waals surface area (Å²) in [7, 11) is 5.18. The highest BCUT2D eigenvalue weighted by molar-refractivity contribution is 6.44. The number of ether oxygens (including phenoxy) is 1. The summed E-state index contributed by atoms with van der Waals surface area (Å²) in [5.41, 5.74) is 3.79. The van der Waals surface area contributed by atoms with Crippen LogP contribution in [0.15, 0.2) is 17.4 Å². The van der Waals surface area contributed by atoms with Crippen LogP contribution in [0, 0.1) is 0 Å². The van der Waals surface area contributed by atoms with Crippen LogP contribution < -0.4 is 20.4 Å². The van der Waals surface area contributed by atoms with Crippen LogP contribution >= 0.6 is 0 Å². The third kappa shape index (κ3) is 3.28. The van der Waals surface area contributed by atoms with Gasteiger partial charge in [-0.15, -0.1) is 0 Å². The molecule has 8 heteroatoms. The molecule has 2 heterocycles. The van der Waals surface area contributed by atoms with Gasteiger partial charge in [0.25, 0.3) is 5.91 Å². The van der Waals surface area contributed by atoms with Crippen molar-refractivity contribution in [3.05, 3.63) is 12.3 Å². The highest BCUT2D eigenvalue weighted by Crippen LogP contribution is 2.32. The Morgan fingerprint density at radius 1 is 1.43 bits per heavy atom. The maximum absolute atomic E-state index is 12.2. The molecule has 112 valence electrons. The van der Waals surface area contributed by atoms with Gasteiger partial charge in [-0.3, -0.25) is 9.59 Å². The number of aromatic nitrogens is 1. The van der Waals surface area contributed by atoms with Crippen molar-refractivity contribution in [3.63, 3.8) is 0 Å². The van der Waals surface area contributed by atoms with Gasteiger partial charge in [0.1, 0.15) is 11.4 Å². The van der Waals surface area contributed by atoms with Crippen molar-refractivity contribution in [1.82, 2.24) is 10.4 Å². The lowest BCUT2D eigenvalue weighted by Crippen LogP contribution is -2.33. The molecule has 0 spiro atoms. The second-order valence-electron chi connectivity index (χ2n) is 4.66. The summed E-state index contributed by atoms with van der Waals surface area (Å²) in [4.78, 5) is 29.2. The van der Waals surface area contributed by atoms with Crippen LogP contribution in [0.25, 0.3) is 0 Å². The molecule has 8 nitrogen and oxygen atoms in total. The molecule has 0 fully saturated rings. The van der Waals surface area contributed by atoms with E-state index in [2.05, 4.69) is 20.8 Å². The number of rotatable bonds is 4. The number of nitrogens with zero attached hydrogens (tertiary/aromatic N) is 3. The number of hydrogen-bond donors (Lipinski definition) is 2. The van der Waals surface area contributed by atoms with E-state index >= 15 is 0 Å². The van der Waals surface area contributed by atoms with Crippen LogP contribution in [0.2, 0.25) is 0 Å². The number of hydrazone groups is 1. The molecule has 1 aliphatic heterocycles. The fourth-order valence-corrected chi connectivity index (χ4v) is 1.90. The number of carbonyl (C=O) groups excluding carboxylic acids is 2. The summed E-state index contributed by atoms with van der Waals surface area (Å²) in [6, 6.07) is 1.77. The van der Waals surface area contributed by atoms with Crippen LogP contribution in [-0.4, -0.2) is 43.7 Å². The van der Waals surface area contributed by atoms with E-state index < -0.39 is 0 Å². The van der Waals surface area contributed by atoms with Crippen molar-refractivity contribution >= 4 is 28.9 Å². The van der Waals surface area contributed by atoms with Crippen molar-refractivity contribution in [2.75, 3.05) is 31.4 Å². The van der Waals surface area contributed by atoms with Gasteiger partial charge in [-0.2, -0.15) is 5.10 Å². The average Bonchev–Trinajstić information content (AvgIpc) is 2.47. The Kier molecular flexibility index (Phi) is 4.36. The quantitative estimate of drug-likeness (QED) is 0.835. The van der Waals surface area contributed by atoms with Crippen LogP contribution in [0.1, 0.15) is 12.8 Å². The number of methoxy groups -OCH3 is 1. The first-order chi connectivity index (χ1) is 10.0. The van der Waals surface area contributed by atoms with E-state index in [-0.39, 0.29) is 23.9 Å². The zero-order valence-electron chi connectivity index (χ0n) is 12.1. The molecule has 0 saturated heterocycles. The van der Waals surface area contributed by atoms with Crippen molar-refractivity contribution in [1.29, 1.82) is 0 Å². The van der Waals surface area contributed by atoms with Crippen LogP contribution in [-0.2, 0) is 9.59 Å². The number of hydrogen-bond acceptors (Lipinski definition) is 6. The summed E-state index contributed by atoms with van der Waals surface area (Å²) >= 11 is 0. The van der Waals surface area contributed by atoms with Gasteiger partial charge in [0.05, 0.1) is 12.8 Å². The van der Waals surface area contributed by atoms with Crippen molar-refractivity contribution < 1.29 is 14.3 Å². The molecular weight excluding hydrogens is 274 g/mol. The average molecular weight is 291 g/mol. The lowest BCUT2D eigenvalue weighted by Gasteiger charge is -2.20. The molecule has 2 amide bonds. The number of carbonyl (C=O) groups is 2. The predicted octanol–water partition coefficient (Wildman–Crippen LogP) is 0.361. The zero-order chi connectivity index (χ0) is 15.4. The number of nitrogens with one attached hydrogen (secondary N) is 2. The summed E-state index contributed by atoms with van der Waals surface area (Å²) in [6.45, 7) is 0. The summed E-state index contributed by atoms with van der Waals surface area (Å²) in [5, 5.41) is 6.51. The topological polar surface area (TPSA) is 95.9 Å². The Bertz CT molecular complexity index is 597. The second kappa shape index (κ2) is 6.21. The monoisotopic (exact) mass is 291 g/mol. The standard InChI is InChI=1S/C13H17N5O3/c1-18(2)9-6-7-14-13(21-3)11(9)15-12(20)8-4-5-10(19)17-16-8/h6-7H,4-5H2,1-3H3,(H,15,20)(H,17,19). The van der Waals surface area contributed by atoms with E-state index in [0.29, 0.717) is 18.0 Å². The van der Waals surface area contributed by atoms with E-state index in [1.54, 1.807) is 12.3 Å². The van der Waals surface area contributed by atoms with Crippen molar-refractivity contribution in [2.45, 2.75) is 12.8 Å². The van der Waals surface area contributed by atoms with Crippen LogP contribution in [0.5, 0.6) is 5.88 Å². The van der Waals surface area contributed by atoms with Gasteiger partial charge in [0.2, 0.25) is 11.8 Å². The lowest BCUT2D eigenvalue weighted by atomic mass is 10.1. The van der Waals surface area contributed by atoms with Crippen LogP contribution in [0.4, 0.5) is 11.4 Å². The molecule has 1 aromatic heterocycles. The molecule has 1 aromatic rings. The molecule has 0 atom stereocenters. The molecule has 0 saturated carbocycles. The van der Waals surface area contributed by atoms with Crippen LogP contribution in [0.3, 0.4) is 0 Å². The molecule has 0 aliphatic carbocycles. The van der Waals surface area contributed by atoms with Gasteiger partial charge in [0, 0.05) is 33.1 Å². The second-order valence-corrected chi connectivity index (χ2v) is 4.66. The third-order valence-corrected chi connectivity index (χ3v) is 2.97. The molecular formula is C13H17N5O3. The highest BCUT2D eigenvalue weighted by Gasteiger charge is 2.21. The first kappa shape index (κ1) is 14.8. The molecule has 2 rings (SSSR count). The van der Waals surface area contributed by atoms with Gasteiger partial charge in [-0.1, -0.05) is 0 Å². The van der Waals surface area contributed by atoms with Gasteiger partial charge >= 0.3 is 0 Å². The maximum atomic E-state index is 12.2. The summed E-state index contributed by atoms with van der Waals surface area (Å²) in [6.07, 6.45) is 2.15. The van der Waals surface area contributed by atoms with Crippen molar-refractivity contribution in [3.8, 4) is 5.88 Å². The largest absolute Gasteiger partial charge is 0.479 e. The Hall–Kier alpha value is -2.64. The number of anilines is 2. The minimum absolute atomic E-state index is 0.195. The van der Waals surface area contributed by atoms with E-state index in [9.17, 15) is 9.59 Å². The minimum Gasteiger partial charge on any atom is -0.479 e. The first-order valence-corrected chi connectivity index (χ1v) is 6.40. The van der Waals surface area contributed by atoms with Gasteiger partial charge in [-0.25, -0.2) is 10.4 Å². The molecule has 0 aromatic carbocycles. The lowest BCUT2D eigenvalue weighted by molar-refractivity contribution is -0.121. The smallest absolute Gasteiger partial charge is 0.272 e. The minimum atomic E-state index is -0.385. The molecule has 2 N–H and O–H groups in total. The van der Waals surface area contributed by atoms with E-state index in [4.69, 9.17) is 4.74 Å². The molecule has 0 bridgehead atoms. The Balaban J connectivity index is 2.26. The number of amides is 2. The van der Waals surface area contributed by atoms with Gasteiger partial charge in [-0.05, 0) is 6.07 Å². The maximum Gasteiger partial charge on any atom is 0.272 e. The molecule has 0 radical (unpaired) electrons. The molecule has 1 aliphatic rings. The fourth-order valence-electron chi connectivity index (χ4n) is 1.90. The molecule has 0 unspecified atom stereocenters. The fraction of sp³-hybridized carbons (Fsp3) is 0.385. The SMILES string of the molecule is COc1nccc(N(C)C)c1NC(=O)C1=NNC(=O)CC1. The van der Waals surface area contributed by atoms with Gasteiger partial charge < -0.3 is 15.0 Å². The van der Waals surface area contributed by atoms with E-state index in [1.165, 1.54) is 7.11 Å². The molecule has 21 heavy (non-hydrogen) atoms. The third-order valence-electron chi connectivity index (χ3n) is 2.97. The Labute approximate surface area is 122 Å². The highest BCUT2D eigenvalue weighted by atomic mass is 16.5. The first-order valence-electron chi connectivity index (χ1n) is 6.40.